The Morgan fingerprint density at radius 2 is 1.61 bits per heavy atom. The molecule has 0 aliphatic rings. The summed E-state index contributed by atoms with van der Waals surface area (Å²) in [5, 5.41) is 2.88. The monoisotopic (exact) mass is 334 g/mol. The molecule has 124 valence electrons. The van der Waals surface area contributed by atoms with Crippen molar-refractivity contribution in [2.75, 3.05) is 5.32 Å². The first kappa shape index (κ1) is 19.2. The number of hydrogen-bond donors (Lipinski definition) is 2. The number of nitrogens with two attached hydrogens (primary N) is 1. The molecule has 0 fully saturated rings. The SMILES string of the molecule is CC(C)OCc1ccc(NC(=O)c2ccc(CN)cc2)cc1.Cl. The lowest BCUT2D eigenvalue weighted by Gasteiger charge is -2.09. The maximum absolute atomic E-state index is 12.1. The third-order valence-corrected chi connectivity index (χ3v) is 3.25. The highest BCUT2D eigenvalue weighted by Crippen LogP contribution is 2.13. The van der Waals surface area contributed by atoms with Gasteiger partial charge in [0.15, 0.2) is 0 Å². The van der Waals surface area contributed by atoms with Gasteiger partial charge in [0.2, 0.25) is 0 Å². The van der Waals surface area contributed by atoms with Crippen LogP contribution in [0.4, 0.5) is 5.69 Å². The number of anilines is 1. The number of ether oxygens (including phenoxy) is 1. The summed E-state index contributed by atoms with van der Waals surface area (Å²) < 4.78 is 5.54. The number of hydrogen-bond acceptors (Lipinski definition) is 3. The van der Waals surface area contributed by atoms with Crippen molar-refractivity contribution in [3.05, 3.63) is 65.2 Å². The largest absolute Gasteiger partial charge is 0.374 e. The van der Waals surface area contributed by atoms with Gasteiger partial charge in [-0.15, -0.1) is 12.4 Å². The van der Waals surface area contributed by atoms with Crippen LogP contribution in [0.2, 0.25) is 0 Å². The first-order chi connectivity index (χ1) is 10.6. The van der Waals surface area contributed by atoms with E-state index in [4.69, 9.17) is 10.5 Å². The second-order valence-electron chi connectivity index (χ2n) is 5.41. The van der Waals surface area contributed by atoms with E-state index in [0.717, 1.165) is 16.8 Å². The molecule has 0 atom stereocenters. The van der Waals surface area contributed by atoms with Crippen LogP contribution in [0.3, 0.4) is 0 Å². The Morgan fingerprint density at radius 3 is 2.13 bits per heavy atom. The molecular weight excluding hydrogens is 312 g/mol. The van der Waals surface area contributed by atoms with Gasteiger partial charge in [-0.2, -0.15) is 0 Å². The molecule has 2 aromatic carbocycles. The number of rotatable bonds is 6. The van der Waals surface area contributed by atoms with Crippen LogP contribution in [-0.4, -0.2) is 12.0 Å². The molecule has 0 radical (unpaired) electrons. The Hall–Kier alpha value is -1.88. The predicted molar refractivity (Wildman–Crippen MR) is 95.9 cm³/mol. The summed E-state index contributed by atoms with van der Waals surface area (Å²) in [7, 11) is 0. The smallest absolute Gasteiger partial charge is 0.255 e. The molecule has 0 aromatic heterocycles. The molecule has 5 heteroatoms. The minimum atomic E-state index is -0.130. The summed E-state index contributed by atoms with van der Waals surface area (Å²) in [6, 6.07) is 15.0. The van der Waals surface area contributed by atoms with Gasteiger partial charge >= 0.3 is 0 Å². The number of carbonyl (C=O) groups is 1. The summed E-state index contributed by atoms with van der Waals surface area (Å²) in [6.07, 6.45) is 0.205. The van der Waals surface area contributed by atoms with E-state index in [1.807, 2.05) is 50.2 Å². The first-order valence-corrected chi connectivity index (χ1v) is 7.39. The summed E-state index contributed by atoms with van der Waals surface area (Å²) in [4.78, 5) is 12.1. The van der Waals surface area contributed by atoms with Gasteiger partial charge < -0.3 is 15.8 Å². The zero-order valence-electron chi connectivity index (χ0n) is 13.4. The summed E-state index contributed by atoms with van der Waals surface area (Å²) in [5.41, 5.74) is 9.01. The third-order valence-electron chi connectivity index (χ3n) is 3.25. The van der Waals surface area contributed by atoms with Crippen LogP contribution in [0.1, 0.15) is 35.3 Å². The number of halogens is 1. The summed E-state index contributed by atoms with van der Waals surface area (Å²) in [6.45, 7) is 5.06. The lowest BCUT2D eigenvalue weighted by atomic mass is 10.1. The predicted octanol–water partition coefficient (Wildman–Crippen LogP) is 3.74. The van der Waals surface area contributed by atoms with Crippen LogP contribution in [0.25, 0.3) is 0 Å². The van der Waals surface area contributed by atoms with E-state index < -0.39 is 0 Å². The van der Waals surface area contributed by atoms with Gasteiger partial charge in [0.25, 0.3) is 5.91 Å². The highest BCUT2D eigenvalue weighted by Gasteiger charge is 2.06. The Bertz CT molecular complexity index is 610. The van der Waals surface area contributed by atoms with Crippen LogP contribution >= 0.6 is 12.4 Å². The third kappa shape index (κ3) is 6.02. The van der Waals surface area contributed by atoms with Gasteiger partial charge in [0.1, 0.15) is 0 Å². The van der Waals surface area contributed by atoms with E-state index in [1.165, 1.54) is 0 Å². The van der Waals surface area contributed by atoms with Crippen LogP contribution in [0, 0.1) is 0 Å². The number of nitrogens with one attached hydrogen (secondary N) is 1. The first-order valence-electron chi connectivity index (χ1n) is 7.39. The fourth-order valence-electron chi connectivity index (χ4n) is 1.94. The van der Waals surface area contributed by atoms with Crippen LogP contribution in [0.5, 0.6) is 0 Å². The fourth-order valence-corrected chi connectivity index (χ4v) is 1.94. The molecule has 23 heavy (non-hydrogen) atoms. The number of benzene rings is 2. The van der Waals surface area contributed by atoms with Crippen molar-refractivity contribution in [1.29, 1.82) is 0 Å². The van der Waals surface area contributed by atoms with Gasteiger partial charge in [-0.3, -0.25) is 4.79 Å². The molecule has 0 saturated carbocycles. The second-order valence-corrected chi connectivity index (χ2v) is 5.41. The Morgan fingerprint density at radius 1 is 1.04 bits per heavy atom. The van der Waals surface area contributed by atoms with Gasteiger partial charge in [0.05, 0.1) is 12.7 Å². The average molecular weight is 335 g/mol. The normalized spacial score (nSPS) is 10.3. The Balaban J connectivity index is 0.00000264. The van der Waals surface area contributed by atoms with Gasteiger partial charge in [0, 0.05) is 17.8 Å². The zero-order valence-corrected chi connectivity index (χ0v) is 14.2. The lowest BCUT2D eigenvalue weighted by Crippen LogP contribution is -2.12. The highest BCUT2D eigenvalue weighted by molar-refractivity contribution is 6.04. The van der Waals surface area contributed by atoms with E-state index in [-0.39, 0.29) is 24.4 Å². The number of carbonyl (C=O) groups excluding carboxylic acids is 1. The molecule has 0 aliphatic carbocycles. The highest BCUT2D eigenvalue weighted by atomic mass is 35.5. The molecule has 0 heterocycles. The van der Waals surface area contributed by atoms with Crippen molar-refractivity contribution >= 4 is 24.0 Å². The summed E-state index contributed by atoms with van der Waals surface area (Å²) >= 11 is 0. The van der Waals surface area contributed by atoms with Crippen molar-refractivity contribution in [3.8, 4) is 0 Å². The van der Waals surface area contributed by atoms with Crippen molar-refractivity contribution < 1.29 is 9.53 Å². The molecule has 0 spiro atoms. The van der Waals surface area contributed by atoms with Crippen LogP contribution in [0.15, 0.2) is 48.5 Å². The second kappa shape index (κ2) is 9.30. The molecule has 0 unspecified atom stereocenters. The maximum Gasteiger partial charge on any atom is 0.255 e. The van der Waals surface area contributed by atoms with E-state index in [0.29, 0.717) is 18.7 Å². The van der Waals surface area contributed by atoms with E-state index in [2.05, 4.69) is 5.32 Å². The van der Waals surface area contributed by atoms with E-state index >= 15 is 0 Å². The minimum Gasteiger partial charge on any atom is -0.374 e. The van der Waals surface area contributed by atoms with Gasteiger partial charge in [-0.25, -0.2) is 0 Å². The number of amides is 1. The van der Waals surface area contributed by atoms with Crippen molar-refractivity contribution in [2.24, 2.45) is 5.73 Å². The van der Waals surface area contributed by atoms with Gasteiger partial charge in [-0.05, 0) is 49.2 Å². The molecule has 0 aliphatic heterocycles. The molecule has 4 nitrogen and oxygen atoms in total. The average Bonchev–Trinajstić information content (AvgIpc) is 2.54. The van der Waals surface area contributed by atoms with Crippen LogP contribution < -0.4 is 11.1 Å². The van der Waals surface area contributed by atoms with Gasteiger partial charge in [-0.1, -0.05) is 24.3 Å². The molecule has 3 N–H and O–H groups in total. The Labute approximate surface area is 143 Å². The molecule has 2 rings (SSSR count). The van der Waals surface area contributed by atoms with Crippen molar-refractivity contribution in [2.45, 2.75) is 33.1 Å². The summed E-state index contributed by atoms with van der Waals surface area (Å²) in [5.74, 6) is -0.130. The van der Waals surface area contributed by atoms with Crippen molar-refractivity contribution in [3.63, 3.8) is 0 Å². The molecule has 0 bridgehead atoms. The molecule has 0 saturated heterocycles. The minimum absolute atomic E-state index is 0. The molecule has 2 aromatic rings. The fraction of sp³-hybridized carbons (Fsp3) is 0.278. The van der Waals surface area contributed by atoms with E-state index in [9.17, 15) is 4.79 Å². The molecular formula is C18H23ClN2O2. The topological polar surface area (TPSA) is 64.3 Å². The molecule has 1 amide bonds. The van der Waals surface area contributed by atoms with Crippen molar-refractivity contribution in [1.82, 2.24) is 0 Å². The lowest BCUT2D eigenvalue weighted by molar-refractivity contribution is 0.0657. The standard InChI is InChI=1S/C18H22N2O2.ClH/c1-13(2)22-12-15-5-9-17(10-6-15)20-18(21)16-7-3-14(11-19)4-8-16;/h3-10,13H,11-12,19H2,1-2H3,(H,20,21);1H. The van der Waals surface area contributed by atoms with E-state index in [1.54, 1.807) is 12.1 Å². The quantitative estimate of drug-likeness (QED) is 0.845. The Kier molecular flexibility index (Phi) is 7.75. The maximum atomic E-state index is 12.1. The van der Waals surface area contributed by atoms with Crippen LogP contribution in [-0.2, 0) is 17.9 Å². The zero-order chi connectivity index (χ0) is 15.9.